The minimum Gasteiger partial charge on any atom is -0.308 e. The van der Waals surface area contributed by atoms with Gasteiger partial charge in [0.2, 0.25) is 0 Å². The molecule has 2 rings (SSSR count). The van der Waals surface area contributed by atoms with Crippen molar-refractivity contribution in [2.45, 2.75) is 96.7 Å². The second kappa shape index (κ2) is 7.26. The normalized spacial score (nSPS) is 35.1. The zero-order valence-electron chi connectivity index (χ0n) is 14.3. The summed E-state index contributed by atoms with van der Waals surface area (Å²) in [4.78, 5) is 2.85. The Kier molecular flexibility index (Phi) is 5.92. The summed E-state index contributed by atoms with van der Waals surface area (Å²) in [7, 11) is 0. The first-order valence-electron chi connectivity index (χ1n) is 9.14. The van der Waals surface area contributed by atoms with Crippen LogP contribution in [-0.4, -0.2) is 35.6 Å². The molecular formula is C18H36N2. The van der Waals surface area contributed by atoms with E-state index in [2.05, 4.69) is 37.9 Å². The lowest BCUT2D eigenvalue weighted by molar-refractivity contribution is 0.0235. The maximum absolute atomic E-state index is 3.84. The topological polar surface area (TPSA) is 15.3 Å². The molecule has 20 heavy (non-hydrogen) atoms. The fraction of sp³-hybridized carbons (Fsp3) is 1.00. The van der Waals surface area contributed by atoms with Crippen molar-refractivity contribution in [2.75, 3.05) is 13.1 Å². The van der Waals surface area contributed by atoms with Crippen LogP contribution in [-0.2, 0) is 0 Å². The molecule has 2 nitrogen and oxygen atoms in total. The number of piperazine rings is 1. The van der Waals surface area contributed by atoms with Crippen molar-refractivity contribution in [2.24, 2.45) is 5.92 Å². The summed E-state index contributed by atoms with van der Waals surface area (Å²) in [6.45, 7) is 11.9. The van der Waals surface area contributed by atoms with Crippen LogP contribution in [0.1, 0.15) is 79.1 Å². The van der Waals surface area contributed by atoms with Crippen LogP contribution in [0.5, 0.6) is 0 Å². The summed E-state index contributed by atoms with van der Waals surface area (Å²) in [5.74, 6) is 1.02. The average Bonchev–Trinajstić information content (AvgIpc) is 2.50. The van der Waals surface area contributed by atoms with Crippen LogP contribution in [0.3, 0.4) is 0 Å². The van der Waals surface area contributed by atoms with Gasteiger partial charge in [0, 0.05) is 30.7 Å². The van der Waals surface area contributed by atoms with E-state index in [1.165, 1.54) is 64.5 Å². The Morgan fingerprint density at radius 1 is 1.05 bits per heavy atom. The maximum Gasteiger partial charge on any atom is 0.0304 e. The van der Waals surface area contributed by atoms with Crippen LogP contribution in [0.15, 0.2) is 0 Å². The third-order valence-electron chi connectivity index (χ3n) is 6.16. The zero-order chi connectivity index (χ0) is 14.6. The Balaban J connectivity index is 1.93. The molecule has 1 heterocycles. The number of rotatable bonds is 5. The van der Waals surface area contributed by atoms with Gasteiger partial charge in [-0.2, -0.15) is 0 Å². The highest BCUT2D eigenvalue weighted by Gasteiger charge is 2.38. The summed E-state index contributed by atoms with van der Waals surface area (Å²) < 4.78 is 0. The monoisotopic (exact) mass is 280 g/mol. The molecule has 0 aromatic carbocycles. The van der Waals surface area contributed by atoms with Crippen molar-refractivity contribution in [3.05, 3.63) is 0 Å². The van der Waals surface area contributed by atoms with Crippen LogP contribution in [0.25, 0.3) is 0 Å². The first-order chi connectivity index (χ1) is 9.64. The average molecular weight is 281 g/mol. The van der Waals surface area contributed by atoms with Gasteiger partial charge in [-0.3, -0.25) is 4.90 Å². The van der Waals surface area contributed by atoms with Gasteiger partial charge in [0.15, 0.2) is 0 Å². The number of nitrogens with one attached hydrogen (secondary N) is 1. The van der Waals surface area contributed by atoms with Gasteiger partial charge in [-0.1, -0.05) is 33.6 Å². The molecule has 1 saturated heterocycles. The first-order valence-corrected chi connectivity index (χ1v) is 9.14. The first kappa shape index (κ1) is 16.3. The summed E-state index contributed by atoms with van der Waals surface area (Å²) in [5.41, 5.74) is 0.382. The van der Waals surface area contributed by atoms with Crippen molar-refractivity contribution < 1.29 is 0 Å². The van der Waals surface area contributed by atoms with E-state index < -0.39 is 0 Å². The Hall–Kier alpha value is -0.0800. The Labute approximate surface area is 126 Å². The fourth-order valence-electron chi connectivity index (χ4n) is 4.43. The molecule has 118 valence electrons. The molecule has 1 atom stereocenters. The highest BCUT2D eigenvalue weighted by Crippen LogP contribution is 2.34. The molecule has 2 heteroatoms. The van der Waals surface area contributed by atoms with Crippen molar-refractivity contribution >= 4 is 0 Å². The summed E-state index contributed by atoms with van der Waals surface area (Å²) in [5, 5.41) is 3.84. The predicted octanol–water partition coefficient (Wildman–Crippen LogP) is 4.20. The van der Waals surface area contributed by atoms with Crippen LogP contribution >= 0.6 is 0 Å². The molecule has 0 amide bonds. The van der Waals surface area contributed by atoms with Gasteiger partial charge in [0.25, 0.3) is 0 Å². The molecule has 2 fully saturated rings. The highest BCUT2D eigenvalue weighted by atomic mass is 15.3. The Morgan fingerprint density at radius 2 is 1.70 bits per heavy atom. The quantitative estimate of drug-likeness (QED) is 0.812. The second-order valence-electron chi connectivity index (χ2n) is 7.35. The third-order valence-corrected chi connectivity index (χ3v) is 6.16. The van der Waals surface area contributed by atoms with E-state index in [1.807, 2.05) is 0 Å². The highest BCUT2D eigenvalue weighted by molar-refractivity contribution is 4.98. The molecule has 1 aliphatic carbocycles. The largest absolute Gasteiger partial charge is 0.308 e. The number of hydrogen-bond donors (Lipinski definition) is 1. The van der Waals surface area contributed by atoms with E-state index in [1.54, 1.807) is 0 Å². The van der Waals surface area contributed by atoms with Gasteiger partial charge >= 0.3 is 0 Å². The van der Waals surface area contributed by atoms with Gasteiger partial charge in [0.1, 0.15) is 0 Å². The van der Waals surface area contributed by atoms with Gasteiger partial charge in [-0.25, -0.2) is 0 Å². The minimum absolute atomic E-state index is 0.382. The van der Waals surface area contributed by atoms with Crippen LogP contribution in [0, 0.1) is 5.92 Å². The van der Waals surface area contributed by atoms with Crippen molar-refractivity contribution in [3.8, 4) is 0 Å². The summed E-state index contributed by atoms with van der Waals surface area (Å²) in [6.07, 6.45) is 11.2. The van der Waals surface area contributed by atoms with Gasteiger partial charge < -0.3 is 5.32 Å². The van der Waals surface area contributed by atoms with Crippen LogP contribution < -0.4 is 5.32 Å². The van der Waals surface area contributed by atoms with Gasteiger partial charge in [0.05, 0.1) is 0 Å². The Bertz CT molecular complexity index is 277. The molecule has 0 aromatic rings. The Morgan fingerprint density at radius 3 is 2.25 bits per heavy atom. The molecule has 0 bridgehead atoms. The third kappa shape index (κ3) is 3.57. The smallest absolute Gasteiger partial charge is 0.0304 e. The van der Waals surface area contributed by atoms with Crippen LogP contribution in [0.4, 0.5) is 0 Å². The van der Waals surface area contributed by atoms with Crippen molar-refractivity contribution in [3.63, 3.8) is 0 Å². The van der Waals surface area contributed by atoms with Gasteiger partial charge in [-0.15, -0.1) is 0 Å². The number of hydrogen-bond acceptors (Lipinski definition) is 2. The second-order valence-corrected chi connectivity index (χ2v) is 7.35. The predicted molar refractivity (Wildman–Crippen MR) is 88.1 cm³/mol. The van der Waals surface area contributed by atoms with E-state index in [-0.39, 0.29) is 0 Å². The van der Waals surface area contributed by atoms with E-state index in [4.69, 9.17) is 0 Å². The van der Waals surface area contributed by atoms with E-state index >= 15 is 0 Å². The molecular weight excluding hydrogens is 244 g/mol. The van der Waals surface area contributed by atoms with Crippen LogP contribution in [0.2, 0.25) is 0 Å². The fourth-order valence-corrected chi connectivity index (χ4v) is 4.43. The lowest BCUT2D eigenvalue weighted by atomic mass is 9.80. The molecule has 2 aliphatic rings. The molecule has 0 aromatic heterocycles. The lowest BCUT2D eigenvalue weighted by Gasteiger charge is -2.50. The lowest BCUT2D eigenvalue weighted by Crippen LogP contribution is -2.65. The summed E-state index contributed by atoms with van der Waals surface area (Å²) >= 11 is 0. The van der Waals surface area contributed by atoms with Crippen molar-refractivity contribution in [1.82, 2.24) is 10.2 Å². The molecule has 1 N–H and O–H groups in total. The van der Waals surface area contributed by atoms with E-state index in [9.17, 15) is 0 Å². The SMILES string of the molecule is CCCC1CCC(N2CC(CC)(CC)NCC2C)CC1. The minimum atomic E-state index is 0.382. The zero-order valence-corrected chi connectivity index (χ0v) is 14.3. The van der Waals surface area contributed by atoms with Gasteiger partial charge in [-0.05, 0) is 51.4 Å². The number of nitrogens with zero attached hydrogens (tertiary/aromatic N) is 1. The molecule has 1 saturated carbocycles. The van der Waals surface area contributed by atoms with E-state index in [0.717, 1.165) is 12.0 Å². The maximum atomic E-state index is 3.84. The summed E-state index contributed by atoms with van der Waals surface area (Å²) in [6, 6.07) is 1.58. The standard InChI is InChI=1S/C18H36N2/c1-5-8-16-9-11-17(12-10-16)20-14-18(6-2,7-3)19-13-15(20)4/h15-17,19H,5-14H2,1-4H3. The van der Waals surface area contributed by atoms with Crippen molar-refractivity contribution in [1.29, 1.82) is 0 Å². The molecule has 1 unspecified atom stereocenters. The van der Waals surface area contributed by atoms with E-state index in [0.29, 0.717) is 11.6 Å². The molecule has 1 aliphatic heterocycles. The molecule has 0 spiro atoms. The molecule has 0 radical (unpaired) electrons.